The van der Waals surface area contributed by atoms with Crippen molar-refractivity contribution in [3.05, 3.63) is 0 Å². The van der Waals surface area contributed by atoms with E-state index in [1.54, 1.807) is 0 Å². The summed E-state index contributed by atoms with van der Waals surface area (Å²) in [5.41, 5.74) is 0. The Bertz CT molecular complexity index is 258. The standard InChI is InChI=1S/C14H24N2/c1-2-10(1)14(11-3-4-11)15-13-6-8-16-7-5-12(13)9-16/h10-15H,1-9H2. The Hall–Kier alpha value is -0.0800. The number of nitrogens with one attached hydrogen (secondary N) is 1. The van der Waals surface area contributed by atoms with Crippen molar-refractivity contribution in [3.63, 3.8) is 0 Å². The fourth-order valence-electron chi connectivity index (χ4n) is 3.99. The smallest absolute Gasteiger partial charge is 0.0126 e. The van der Waals surface area contributed by atoms with E-state index in [2.05, 4.69) is 10.2 Å². The summed E-state index contributed by atoms with van der Waals surface area (Å²) in [7, 11) is 0. The predicted octanol–water partition coefficient (Wildman–Crippen LogP) is 1.86. The molecule has 3 unspecified atom stereocenters. The molecule has 0 aromatic carbocycles. The zero-order valence-corrected chi connectivity index (χ0v) is 10.2. The van der Waals surface area contributed by atoms with Crippen molar-refractivity contribution in [3.8, 4) is 0 Å². The number of hydrogen-bond acceptors (Lipinski definition) is 2. The molecule has 2 aliphatic carbocycles. The largest absolute Gasteiger partial charge is 0.310 e. The lowest BCUT2D eigenvalue weighted by Gasteiger charge is -2.34. The zero-order valence-electron chi connectivity index (χ0n) is 10.2. The molecule has 2 heteroatoms. The summed E-state index contributed by atoms with van der Waals surface area (Å²) in [5.74, 6) is 3.10. The van der Waals surface area contributed by atoms with Crippen LogP contribution in [0.2, 0.25) is 0 Å². The second-order valence-electron chi connectivity index (χ2n) is 6.61. The summed E-state index contributed by atoms with van der Waals surface area (Å²) >= 11 is 0. The van der Waals surface area contributed by atoms with Gasteiger partial charge in [0.05, 0.1) is 0 Å². The van der Waals surface area contributed by atoms with Gasteiger partial charge in [0, 0.05) is 18.6 Å². The highest BCUT2D eigenvalue weighted by atomic mass is 15.2. The molecule has 2 heterocycles. The van der Waals surface area contributed by atoms with Gasteiger partial charge in [0.25, 0.3) is 0 Å². The molecule has 4 fully saturated rings. The van der Waals surface area contributed by atoms with Gasteiger partial charge >= 0.3 is 0 Å². The number of rotatable bonds is 4. The molecule has 3 atom stereocenters. The van der Waals surface area contributed by atoms with Crippen molar-refractivity contribution in [2.45, 2.75) is 50.6 Å². The molecule has 0 amide bonds. The van der Waals surface area contributed by atoms with E-state index in [9.17, 15) is 0 Å². The van der Waals surface area contributed by atoms with Crippen molar-refractivity contribution in [2.24, 2.45) is 17.8 Å². The molecule has 2 nitrogen and oxygen atoms in total. The van der Waals surface area contributed by atoms with Gasteiger partial charge in [0.1, 0.15) is 0 Å². The number of nitrogens with zero attached hydrogens (tertiary/aromatic N) is 1. The molecule has 0 radical (unpaired) electrons. The lowest BCUT2D eigenvalue weighted by molar-refractivity contribution is 0.199. The van der Waals surface area contributed by atoms with Crippen LogP contribution in [0.4, 0.5) is 0 Å². The van der Waals surface area contributed by atoms with Gasteiger partial charge in [-0.15, -0.1) is 0 Å². The Labute approximate surface area is 98.8 Å². The SMILES string of the molecule is C1CN2CCC(NC(C3CC3)C3CC3)C1C2. The van der Waals surface area contributed by atoms with Gasteiger partial charge in [-0.2, -0.15) is 0 Å². The van der Waals surface area contributed by atoms with Gasteiger partial charge in [0.15, 0.2) is 0 Å². The van der Waals surface area contributed by atoms with Crippen LogP contribution in [0.5, 0.6) is 0 Å². The van der Waals surface area contributed by atoms with Gasteiger partial charge in [0.2, 0.25) is 0 Å². The van der Waals surface area contributed by atoms with Crippen LogP contribution in [0, 0.1) is 17.8 Å². The van der Waals surface area contributed by atoms with E-state index in [0.717, 1.165) is 29.8 Å². The van der Waals surface area contributed by atoms with E-state index in [4.69, 9.17) is 0 Å². The molecule has 4 rings (SSSR count). The summed E-state index contributed by atoms with van der Waals surface area (Å²) < 4.78 is 0. The van der Waals surface area contributed by atoms with Crippen molar-refractivity contribution in [2.75, 3.05) is 19.6 Å². The fourth-order valence-corrected chi connectivity index (χ4v) is 3.99. The van der Waals surface area contributed by atoms with E-state index in [1.807, 2.05) is 0 Å². The molecule has 2 saturated carbocycles. The van der Waals surface area contributed by atoms with Crippen molar-refractivity contribution in [1.82, 2.24) is 10.2 Å². The van der Waals surface area contributed by atoms with E-state index in [1.165, 1.54) is 58.2 Å². The maximum absolute atomic E-state index is 4.08. The van der Waals surface area contributed by atoms with Crippen molar-refractivity contribution in [1.29, 1.82) is 0 Å². The second kappa shape index (κ2) is 3.71. The normalized spacial score (nSPS) is 42.9. The minimum absolute atomic E-state index is 0.866. The number of fused-ring (bicyclic) bond motifs is 2. The first kappa shape index (κ1) is 9.90. The highest BCUT2D eigenvalue weighted by molar-refractivity contribution is 5.00. The molecule has 2 saturated heterocycles. The lowest BCUT2D eigenvalue weighted by Crippen LogP contribution is -2.49. The Morgan fingerprint density at radius 2 is 1.56 bits per heavy atom. The van der Waals surface area contributed by atoms with Crippen LogP contribution < -0.4 is 5.32 Å². The van der Waals surface area contributed by atoms with Crippen LogP contribution in [0.25, 0.3) is 0 Å². The summed E-state index contributed by atoms with van der Waals surface area (Å²) in [5, 5.41) is 4.08. The van der Waals surface area contributed by atoms with E-state index >= 15 is 0 Å². The summed E-state index contributed by atoms with van der Waals surface area (Å²) in [6.45, 7) is 4.12. The highest BCUT2D eigenvalue weighted by Gasteiger charge is 2.44. The molecule has 0 spiro atoms. The molecule has 2 aliphatic heterocycles. The van der Waals surface area contributed by atoms with Gasteiger partial charge in [-0.25, -0.2) is 0 Å². The number of hydrogen-bond donors (Lipinski definition) is 1. The van der Waals surface area contributed by atoms with Crippen molar-refractivity contribution >= 4 is 0 Å². The average molecular weight is 220 g/mol. The highest BCUT2D eigenvalue weighted by Crippen LogP contribution is 2.45. The first-order valence-corrected chi connectivity index (χ1v) is 7.38. The summed E-state index contributed by atoms with van der Waals surface area (Å²) in [6, 6.07) is 1.78. The fraction of sp³-hybridized carbons (Fsp3) is 1.00. The maximum atomic E-state index is 4.08. The van der Waals surface area contributed by atoms with Gasteiger partial charge < -0.3 is 10.2 Å². The van der Waals surface area contributed by atoms with Crippen LogP contribution in [0.1, 0.15) is 38.5 Å². The molecule has 0 aromatic heterocycles. The quantitative estimate of drug-likeness (QED) is 0.778. The van der Waals surface area contributed by atoms with Gasteiger partial charge in [-0.05, 0) is 69.4 Å². The van der Waals surface area contributed by atoms with Gasteiger partial charge in [-0.3, -0.25) is 0 Å². The molecule has 2 bridgehead atoms. The Morgan fingerprint density at radius 3 is 2.25 bits per heavy atom. The van der Waals surface area contributed by atoms with E-state index in [-0.39, 0.29) is 0 Å². The molecule has 90 valence electrons. The molecule has 4 aliphatic rings. The Kier molecular flexibility index (Phi) is 2.29. The third-order valence-electron chi connectivity index (χ3n) is 5.30. The molecular weight excluding hydrogens is 196 g/mol. The minimum Gasteiger partial charge on any atom is -0.310 e. The third kappa shape index (κ3) is 1.80. The molecule has 16 heavy (non-hydrogen) atoms. The monoisotopic (exact) mass is 220 g/mol. The molecule has 0 aromatic rings. The molecular formula is C14H24N2. The topological polar surface area (TPSA) is 15.3 Å². The zero-order chi connectivity index (χ0) is 10.5. The number of piperidine rings is 1. The average Bonchev–Trinajstić information content (AvgIpc) is 3.18. The van der Waals surface area contributed by atoms with Crippen LogP contribution in [-0.4, -0.2) is 36.6 Å². The van der Waals surface area contributed by atoms with Crippen LogP contribution in [0.3, 0.4) is 0 Å². The van der Waals surface area contributed by atoms with Crippen LogP contribution in [-0.2, 0) is 0 Å². The third-order valence-corrected chi connectivity index (χ3v) is 5.30. The molecule has 1 N–H and O–H groups in total. The first-order valence-electron chi connectivity index (χ1n) is 7.38. The Balaban J connectivity index is 1.41. The first-order chi connectivity index (χ1) is 7.90. The van der Waals surface area contributed by atoms with Gasteiger partial charge in [-0.1, -0.05) is 0 Å². The second-order valence-corrected chi connectivity index (χ2v) is 6.61. The van der Waals surface area contributed by atoms with Crippen molar-refractivity contribution < 1.29 is 0 Å². The lowest BCUT2D eigenvalue weighted by atomic mass is 9.92. The maximum Gasteiger partial charge on any atom is 0.0126 e. The van der Waals surface area contributed by atoms with E-state index < -0.39 is 0 Å². The summed E-state index contributed by atoms with van der Waals surface area (Å²) in [4.78, 5) is 2.66. The minimum atomic E-state index is 0.866. The van der Waals surface area contributed by atoms with E-state index in [0.29, 0.717) is 0 Å². The Morgan fingerprint density at radius 1 is 0.875 bits per heavy atom. The summed E-state index contributed by atoms with van der Waals surface area (Å²) in [6.07, 6.45) is 8.92. The van der Waals surface area contributed by atoms with Crippen LogP contribution >= 0.6 is 0 Å². The predicted molar refractivity (Wildman–Crippen MR) is 65.3 cm³/mol. The van der Waals surface area contributed by atoms with Crippen LogP contribution in [0.15, 0.2) is 0 Å².